The molecule has 0 saturated heterocycles. The molecule has 1 unspecified atom stereocenters. The van der Waals surface area contributed by atoms with Crippen LogP contribution in [0, 0.1) is 0 Å². The van der Waals surface area contributed by atoms with Crippen LogP contribution in [0.15, 0.2) is 12.3 Å². The van der Waals surface area contributed by atoms with E-state index in [9.17, 15) is 5.11 Å². The van der Waals surface area contributed by atoms with E-state index < -0.39 is 6.10 Å². The second-order valence-electron chi connectivity index (χ2n) is 3.28. The number of rotatable bonds is 5. The van der Waals surface area contributed by atoms with Gasteiger partial charge in [-0.05, 0) is 18.9 Å². The van der Waals surface area contributed by atoms with Crippen molar-refractivity contribution in [1.29, 1.82) is 0 Å². The zero-order chi connectivity index (χ0) is 11.3. The predicted octanol–water partition coefficient (Wildman–Crippen LogP) is 1.78. The largest absolute Gasteiger partial charge is 0.388 e. The molecule has 0 amide bonds. The quantitative estimate of drug-likeness (QED) is 0.757. The van der Waals surface area contributed by atoms with Crippen molar-refractivity contribution in [3.63, 3.8) is 0 Å². The van der Waals surface area contributed by atoms with Crippen LogP contribution in [0.1, 0.15) is 24.5 Å². The number of nitrogens with two attached hydrogens (primary N) is 1. The summed E-state index contributed by atoms with van der Waals surface area (Å²) in [6.45, 7) is 0.616. The molecule has 3 N–H and O–H groups in total. The van der Waals surface area contributed by atoms with Gasteiger partial charge >= 0.3 is 0 Å². The van der Waals surface area contributed by atoms with Gasteiger partial charge in [0.05, 0.1) is 11.1 Å². The van der Waals surface area contributed by atoms with Crippen molar-refractivity contribution in [2.24, 2.45) is 0 Å². The van der Waals surface area contributed by atoms with Gasteiger partial charge in [-0.1, -0.05) is 11.6 Å². The number of ether oxygens (including phenoxy) is 1. The molecular weight excluding hydrogens is 216 g/mol. The van der Waals surface area contributed by atoms with E-state index in [-0.39, 0.29) is 0 Å². The number of pyridine rings is 1. The van der Waals surface area contributed by atoms with Gasteiger partial charge in [-0.2, -0.15) is 0 Å². The van der Waals surface area contributed by atoms with Crippen LogP contribution in [0.5, 0.6) is 0 Å². The summed E-state index contributed by atoms with van der Waals surface area (Å²) in [5, 5.41) is 10.3. The Kier molecular flexibility index (Phi) is 4.81. The highest BCUT2D eigenvalue weighted by Crippen LogP contribution is 2.25. The number of anilines is 1. The molecule has 0 bridgehead atoms. The fourth-order valence-corrected chi connectivity index (χ4v) is 1.48. The van der Waals surface area contributed by atoms with Crippen molar-refractivity contribution >= 4 is 17.4 Å². The van der Waals surface area contributed by atoms with Gasteiger partial charge in [0, 0.05) is 25.5 Å². The lowest BCUT2D eigenvalue weighted by molar-refractivity contribution is 0.136. The maximum atomic E-state index is 9.82. The highest BCUT2D eigenvalue weighted by molar-refractivity contribution is 6.30. The average Bonchev–Trinajstić information content (AvgIpc) is 2.22. The molecule has 1 atom stereocenters. The van der Waals surface area contributed by atoms with Gasteiger partial charge in [0.1, 0.15) is 5.82 Å². The van der Waals surface area contributed by atoms with E-state index in [1.165, 1.54) is 6.20 Å². The summed E-state index contributed by atoms with van der Waals surface area (Å²) in [5.74, 6) is 0.323. The number of aliphatic hydroxyl groups excluding tert-OH is 1. The maximum absolute atomic E-state index is 9.82. The minimum absolute atomic E-state index is 0.323. The molecule has 4 nitrogen and oxygen atoms in total. The molecular formula is C10H15ClN2O2. The Morgan fingerprint density at radius 3 is 3.07 bits per heavy atom. The van der Waals surface area contributed by atoms with Gasteiger partial charge < -0.3 is 15.6 Å². The van der Waals surface area contributed by atoms with Crippen LogP contribution < -0.4 is 5.73 Å². The predicted molar refractivity (Wildman–Crippen MR) is 59.7 cm³/mol. The number of hydrogen-bond acceptors (Lipinski definition) is 4. The molecule has 0 aliphatic heterocycles. The molecule has 5 heteroatoms. The summed E-state index contributed by atoms with van der Waals surface area (Å²) in [6.07, 6.45) is 2.18. The Morgan fingerprint density at radius 2 is 2.40 bits per heavy atom. The van der Waals surface area contributed by atoms with Crippen molar-refractivity contribution in [3.05, 3.63) is 22.8 Å². The Labute approximate surface area is 94.0 Å². The average molecular weight is 231 g/mol. The van der Waals surface area contributed by atoms with Gasteiger partial charge in [-0.3, -0.25) is 0 Å². The smallest absolute Gasteiger partial charge is 0.129 e. The van der Waals surface area contributed by atoms with E-state index in [4.69, 9.17) is 22.1 Å². The van der Waals surface area contributed by atoms with Gasteiger partial charge in [0.2, 0.25) is 0 Å². The van der Waals surface area contributed by atoms with E-state index in [1.807, 2.05) is 0 Å². The van der Waals surface area contributed by atoms with E-state index in [0.717, 1.165) is 6.42 Å². The number of nitrogens with zero attached hydrogens (tertiary/aromatic N) is 1. The Hall–Kier alpha value is -0.840. The van der Waals surface area contributed by atoms with Gasteiger partial charge in [-0.15, -0.1) is 0 Å². The zero-order valence-electron chi connectivity index (χ0n) is 8.61. The van der Waals surface area contributed by atoms with Crippen LogP contribution in [0.4, 0.5) is 5.82 Å². The fourth-order valence-electron chi connectivity index (χ4n) is 1.31. The molecule has 1 rings (SSSR count). The number of aromatic nitrogens is 1. The van der Waals surface area contributed by atoms with Crippen molar-refractivity contribution in [2.45, 2.75) is 18.9 Å². The molecule has 0 radical (unpaired) electrons. The SMILES string of the molecule is COCCCC(O)c1cc(Cl)cnc1N. The first-order valence-electron chi connectivity index (χ1n) is 4.73. The third kappa shape index (κ3) is 3.66. The molecule has 1 aromatic heterocycles. The zero-order valence-corrected chi connectivity index (χ0v) is 9.37. The Bertz CT molecular complexity index is 320. The lowest BCUT2D eigenvalue weighted by Crippen LogP contribution is -2.05. The maximum Gasteiger partial charge on any atom is 0.129 e. The third-order valence-electron chi connectivity index (χ3n) is 2.10. The second-order valence-corrected chi connectivity index (χ2v) is 3.72. The molecule has 0 aliphatic rings. The minimum atomic E-state index is -0.633. The monoisotopic (exact) mass is 230 g/mol. The van der Waals surface area contributed by atoms with E-state index in [2.05, 4.69) is 4.98 Å². The summed E-state index contributed by atoms with van der Waals surface area (Å²) in [7, 11) is 1.63. The van der Waals surface area contributed by atoms with Gasteiger partial charge in [-0.25, -0.2) is 4.98 Å². The summed E-state index contributed by atoms with van der Waals surface area (Å²) in [6, 6.07) is 1.64. The lowest BCUT2D eigenvalue weighted by atomic mass is 10.1. The molecule has 15 heavy (non-hydrogen) atoms. The fraction of sp³-hybridized carbons (Fsp3) is 0.500. The van der Waals surface area contributed by atoms with E-state index in [0.29, 0.717) is 29.4 Å². The highest BCUT2D eigenvalue weighted by atomic mass is 35.5. The van der Waals surface area contributed by atoms with Crippen LogP contribution in [0.2, 0.25) is 5.02 Å². The number of aliphatic hydroxyl groups is 1. The Balaban J connectivity index is 2.64. The van der Waals surface area contributed by atoms with Gasteiger partial charge in [0.25, 0.3) is 0 Å². The lowest BCUT2D eigenvalue weighted by Gasteiger charge is -2.12. The molecule has 0 aromatic carbocycles. The minimum Gasteiger partial charge on any atom is -0.388 e. The van der Waals surface area contributed by atoms with Crippen LogP contribution >= 0.6 is 11.6 Å². The van der Waals surface area contributed by atoms with Crippen LogP contribution in [0.25, 0.3) is 0 Å². The summed E-state index contributed by atoms with van der Waals surface area (Å²) >= 11 is 5.77. The van der Waals surface area contributed by atoms with Crippen molar-refractivity contribution < 1.29 is 9.84 Å². The summed E-state index contributed by atoms with van der Waals surface area (Å²) in [4.78, 5) is 3.88. The highest BCUT2D eigenvalue weighted by Gasteiger charge is 2.12. The van der Waals surface area contributed by atoms with Crippen LogP contribution in [-0.2, 0) is 4.74 Å². The normalized spacial score (nSPS) is 12.7. The van der Waals surface area contributed by atoms with Crippen LogP contribution in [-0.4, -0.2) is 23.8 Å². The standard InChI is InChI=1S/C10H15ClN2O2/c1-15-4-2-3-9(14)8-5-7(11)6-13-10(8)12/h5-6,9,14H,2-4H2,1H3,(H2,12,13). The van der Waals surface area contributed by atoms with Crippen molar-refractivity contribution in [1.82, 2.24) is 4.98 Å². The molecule has 1 heterocycles. The van der Waals surface area contributed by atoms with Crippen molar-refractivity contribution in [3.8, 4) is 0 Å². The number of hydrogen-bond donors (Lipinski definition) is 2. The van der Waals surface area contributed by atoms with E-state index in [1.54, 1.807) is 13.2 Å². The molecule has 0 aliphatic carbocycles. The van der Waals surface area contributed by atoms with Crippen molar-refractivity contribution in [2.75, 3.05) is 19.5 Å². The topological polar surface area (TPSA) is 68.4 Å². The first-order valence-corrected chi connectivity index (χ1v) is 5.11. The van der Waals surface area contributed by atoms with Gasteiger partial charge in [0.15, 0.2) is 0 Å². The first-order chi connectivity index (χ1) is 7.15. The molecule has 0 spiro atoms. The molecule has 84 valence electrons. The molecule has 0 fully saturated rings. The Morgan fingerprint density at radius 1 is 1.67 bits per heavy atom. The molecule has 0 saturated carbocycles. The number of nitrogen functional groups attached to an aromatic ring is 1. The first kappa shape index (κ1) is 12.2. The number of methoxy groups -OCH3 is 1. The summed E-state index contributed by atoms with van der Waals surface area (Å²) in [5.41, 5.74) is 6.22. The second kappa shape index (κ2) is 5.90. The molecule has 1 aromatic rings. The summed E-state index contributed by atoms with van der Waals surface area (Å²) < 4.78 is 4.90. The third-order valence-corrected chi connectivity index (χ3v) is 2.31. The van der Waals surface area contributed by atoms with Crippen LogP contribution in [0.3, 0.4) is 0 Å². The number of halogens is 1. The van der Waals surface area contributed by atoms with E-state index >= 15 is 0 Å².